The van der Waals surface area contributed by atoms with Gasteiger partial charge in [-0.15, -0.1) is 0 Å². The van der Waals surface area contributed by atoms with E-state index in [0.717, 1.165) is 6.07 Å². The molecule has 6 heteroatoms. The van der Waals surface area contributed by atoms with E-state index in [9.17, 15) is 13.6 Å². The summed E-state index contributed by atoms with van der Waals surface area (Å²) >= 11 is 5.69. The van der Waals surface area contributed by atoms with E-state index in [1.807, 2.05) is 0 Å². The summed E-state index contributed by atoms with van der Waals surface area (Å²) in [7, 11) is 0. The van der Waals surface area contributed by atoms with Crippen LogP contribution in [0.1, 0.15) is 11.6 Å². The van der Waals surface area contributed by atoms with Gasteiger partial charge in [0.05, 0.1) is 10.7 Å². The second-order valence-corrected chi connectivity index (χ2v) is 4.53. The Hall–Kier alpha value is -1.98. The highest BCUT2D eigenvalue weighted by Crippen LogP contribution is 2.27. The molecule has 2 aromatic rings. The highest BCUT2D eigenvalue weighted by molar-refractivity contribution is 6.33. The minimum atomic E-state index is -0.975. The first kappa shape index (κ1) is 14.4. The van der Waals surface area contributed by atoms with E-state index in [2.05, 4.69) is 5.32 Å². The molecule has 20 heavy (non-hydrogen) atoms. The number of hydrogen-bond donors (Lipinski definition) is 2. The summed E-state index contributed by atoms with van der Waals surface area (Å²) in [4.78, 5) is 11.9. The molecule has 0 aliphatic carbocycles. The molecule has 0 fully saturated rings. The SMILES string of the molecule is N[C@@H](C(=O)Nc1c(F)cc(F)cc1Cl)c1ccccc1. The average molecular weight is 297 g/mol. The number of nitrogens with one attached hydrogen (secondary N) is 1. The lowest BCUT2D eigenvalue weighted by atomic mass is 10.1. The summed E-state index contributed by atoms with van der Waals surface area (Å²) in [6.45, 7) is 0. The molecule has 2 aromatic carbocycles. The van der Waals surface area contributed by atoms with Crippen LogP contribution in [0.4, 0.5) is 14.5 Å². The molecule has 0 radical (unpaired) electrons. The van der Waals surface area contributed by atoms with E-state index in [1.54, 1.807) is 30.3 Å². The van der Waals surface area contributed by atoms with Gasteiger partial charge < -0.3 is 11.1 Å². The third-order valence-electron chi connectivity index (χ3n) is 2.70. The van der Waals surface area contributed by atoms with Crippen molar-refractivity contribution in [3.8, 4) is 0 Å². The molecule has 0 heterocycles. The van der Waals surface area contributed by atoms with Gasteiger partial charge in [-0.25, -0.2) is 8.78 Å². The Bertz CT molecular complexity index is 611. The lowest BCUT2D eigenvalue weighted by Gasteiger charge is -2.14. The average Bonchev–Trinajstić information content (AvgIpc) is 2.42. The second-order valence-electron chi connectivity index (χ2n) is 4.12. The number of halogens is 3. The van der Waals surface area contributed by atoms with Crippen molar-refractivity contribution in [1.29, 1.82) is 0 Å². The monoisotopic (exact) mass is 296 g/mol. The van der Waals surface area contributed by atoms with Crippen molar-refractivity contribution in [2.24, 2.45) is 5.73 Å². The molecule has 0 aliphatic heterocycles. The van der Waals surface area contributed by atoms with E-state index in [-0.39, 0.29) is 10.7 Å². The fraction of sp³-hybridized carbons (Fsp3) is 0.0714. The minimum absolute atomic E-state index is 0.226. The standard InChI is InChI=1S/C14H11ClF2N2O/c15-10-6-9(16)7-11(17)13(10)19-14(20)12(18)8-4-2-1-3-5-8/h1-7,12H,18H2,(H,19,20)/t12-/m1/s1. The molecule has 0 saturated carbocycles. The first-order chi connectivity index (χ1) is 9.49. The first-order valence-corrected chi connectivity index (χ1v) is 6.13. The van der Waals surface area contributed by atoms with Crippen LogP contribution < -0.4 is 11.1 Å². The van der Waals surface area contributed by atoms with Gasteiger partial charge in [0.25, 0.3) is 0 Å². The highest BCUT2D eigenvalue weighted by Gasteiger charge is 2.19. The molecule has 104 valence electrons. The Kier molecular flexibility index (Phi) is 4.32. The molecule has 0 spiro atoms. The van der Waals surface area contributed by atoms with Gasteiger partial charge >= 0.3 is 0 Å². The number of nitrogens with two attached hydrogens (primary N) is 1. The molecule has 0 aliphatic rings. The van der Waals surface area contributed by atoms with E-state index >= 15 is 0 Å². The number of rotatable bonds is 3. The molecule has 2 rings (SSSR count). The Morgan fingerprint density at radius 3 is 2.45 bits per heavy atom. The van der Waals surface area contributed by atoms with Crippen molar-refractivity contribution in [2.75, 3.05) is 5.32 Å². The van der Waals surface area contributed by atoms with Crippen LogP contribution in [0.25, 0.3) is 0 Å². The Morgan fingerprint density at radius 1 is 1.20 bits per heavy atom. The van der Waals surface area contributed by atoms with Crippen LogP contribution in [0.2, 0.25) is 5.02 Å². The van der Waals surface area contributed by atoms with Crippen LogP contribution in [-0.4, -0.2) is 5.91 Å². The maximum Gasteiger partial charge on any atom is 0.246 e. The highest BCUT2D eigenvalue weighted by atomic mass is 35.5. The third-order valence-corrected chi connectivity index (χ3v) is 2.99. The number of carbonyl (C=O) groups excluding carboxylic acids is 1. The smallest absolute Gasteiger partial charge is 0.246 e. The minimum Gasteiger partial charge on any atom is -0.321 e. The normalized spacial score (nSPS) is 12.0. The van der Waals surface area contributed by atoms with Crippen LogP contribution in [0.3, 0.4) is 0 Å². The summed E-state index contributed by atoms with van der Waals surface area (Å²) < 4.78 is 26.5. The molecular weight excluding hydrogens is 286 g/mol. The Balaban J connectivity index is 2.20. The van der Waals surface area contributed by atoms with Gasteiger partial charge in [-0.1, -0.05) is 41.9 Å². The van der Waals surface area contributed by atoms with Crippen LogP contribution in [0, 0.1) is 11.6 Å². The zero-order valence-electron chi connectivity index (χ0n) is 10.2. The van der Waals surface area contributed by atoms with Gasteiger partial charge in [-0.3, -0.25) is 4.79 Å². The summed E-state index contributed by atoms with van der Waals surface area (Å²) in [5, 5.41) is 2.04. The summed E-state index contributed by atoms with van der Waals surface area (Å²) in [5.74, 6) is -2.41. The van der Waals surface area contributed by atoms with E-state index in [4.69, 9.17) is 17.3 Å². The summed E-state index contributed by atoms with van der Waals surface area (Å²) in [6.07, 6.45) is 0. The van der Waals surface area contributed by atoms with E-state index in [1.165, 1.54) is 0 Å². The van der Waals surface area contributed by atoms with Gasteiger partial charge in [0.2, 0.25) is 5.91 Å². The number of hydrogen-bond acceptors (Lipinski definition) is 2. The van der Waals surface area contributed by atoms with Crippen LogP contribution in [0.5, 0.6) is 0 Å². The zero-order valence-corrected chi connectivity index (χ0v) is 11.0. The third kappa shape index (κ3) is 3.12. The first-order valence-electron chi connectivity index (χ1n) is 5.75. The molecule has 0 saturated heterocycles. The molecular formula is C14H11ClF2N2O. The van der Waals surface area contributed by atoms with Crippen LogP contribution >= 0.6 is 11.6 Å². The predicted octanol–water partition coefficient (Wildman–Crippen LogP) is 3.26. The molecule has 1 amide bonds. The quantitative estimate of drug-likeness (QED) is 0.913. The summed E-state index contributed by atoms with van der Waals surface area (Å²) in [6, 6.07) is 9.16. The van der Waals surface area contributed by atoms with Gasteiger partial charge in [0, 0.05) is 6.07 Å². The van der Waals surface area contributed by atoms with Crippen molar-refractivity contribution in [3.05, 3.63) is 64.7 Å². The van der Waals surface area contributed by atoms with Gasteiger partial charge in [-0.05, 0) is 11.6 Å². The van der Waals surface area contributed by atoms with Crippen molar-refractivity contribution in [1.82, 2.24) is 0 Å². The van der Waals surface area contributed by atoms with Crippen molar-refractivity contribution in [3.63, 3.8) is 0 Å². The number of anilines is 1. The van der Waals surface area contributed by atoms with Crippen molar-refractivity contribution in [2.45, 2.75) is 6.04 Å². The lowest BCUT2D eigenvalue weighted by molar-refractivity contribution is -0.117. The van der Waals surface area contributed by atoms with Gasteiger partial charge in [0.15, 0.2) is 5.82 Å². The molecule has 3 nitrogen and oxygen atoms in total. The fourth-order valence-corrected chi connectivity index (χ4v) is 1.92. The van der Waals surface area contributed by atoms with Gasteiger partial charge in [-0.2, -0.15) is 0 Å². The predicted molar refractivity (Wildman–Crippen MR) is 73.4 cm³/mol. The zero-order chi connectivity index (χ0) is 14.7. The second kappa shape index (κ2) is 5.98. The lowest BCUT2D eigenvalue weighted by Crippen LogP contribution is -2.28. The summed E-state index contributed by atoms with van der Waals surface area (Å²) in [5.41, 5.74) is 6.05. The Labute approximate surface area is 119 Å². The number of carbonyl (C=O) groups is 1. The maximum atomic E-state index is 13.6. The molecule has 0 bridgehead atoms. The van der Waals surface area contributed by atoms with Crippen LogP contribution in [0.15, 0.2) is 42.5 Å². The maximum absolute atomic E-state index is 13.6. The van der Waals surface area contributed by atoms with Gasteiger partial charge in [0.1, 0.15) is 11.9 Å². The number of benzene rings is 2. The van der Waals surface area contributed by atoms with Crippen molar-refractivity contribution < 1.29 is 13.6 Å². The Morgan fingerprint density at radius 2 is 1.85 bits per heavy atom. The largest absolute Gasteiger partial charge is 0.321 e. The van der Waals surface area contributed by atoms with Crippen LogP contribution in [-0.2, 0) is 4.79 Å². The molecule has 3 N–H and O–H groups in total. The fourth-order valence-electron chi connectivity index (χ4n) is 1.67. The molecule has 0 unspecified atom stereocenters. The topological polar surface area (TPSA) is 55.1 Å². The van der Waals surface area contributed by atoms with E-state index in [0.29, 0.717) is 11.6 Å². The molecule has 1 atom stereocenters. The molecule has 0 aromatic heterocycles. The van der Waals surface area contributed by atoms with E-state index < -0.39 is 23.6 Å². The van der Waals surface area contributed by atoms with Crippen molar-refractivity contribution >= 4 is 23.2 Å². The number of amides is 1.